The lowest BCUT2D eigenvalue weighted by molar-refractivity contribution is 0.0931. The smallest absolute Gasteiger partial charge is 0.269 e. The van der Waals surface area contributed by atoms with Crippen LogP contribution >= 0.6 is 11.6 Å². The van der Waals surface area contributed by atoms with Crippen LogP contribution in [0.3, 0.4) is 0 Å². The number of carbonyl (C=O) groups is 1. The van der Waals surface area contributed by atoms with E-state index in [1.807, 2.05) is 45.2 Å². The third-order valence-corrected chi connectivity index (χ3v) is 4.56. The summed E-state index contributed by atoms with van der Waals surface area (Å²) in [5.41, 5.74) is 2.46. The lowest BCUT2D eigenvalue weighted by Gasteiger charge is -2.13. The first-order valence-electron chi connectivity index (χ1n) is 8.96. The first kappa shape index (κ1) is 19.6. The van der Waals surface area contributed by atoms with Crippen LogP contribution in [0.5, 0.6) is 0 Å². The summed E-state index contributed by atoms with van der Waals surface area (Å²) in [7, 11) is 0. The molecule has 144 valence electrons. The Morgan fingerprint density at radius 2 is 2.14 bits per heavy atom. The van der Waals surface area contributed by atoms with Gasteiger partial charge in [0.05, 0.1) is 29.0 Å². The van der Waals surface area contributed by atoms with E-state index < -0.39 is 0 Å². The molecular weight excluding hydrogens is 376 g/mol. The Hall–Kier alpha value is -3.11. The topological polar surface area (TPSA) is 99.4 Å². The van der Waals surface area contributed by atoms with Gasteiger partial charge < -0.3 is 10.3 Å². The molecule has 0 radical (unpaired) electrons. The fourth-order valence-corrected chi connectivity index (χ4v) is 2.98. The van der Waals surface area contributed by atoms with E-state index >= 15 is 0 Å². The molecular formula is C20H21ClN6O. The number of carbonyl (C=O) groups excluding carboxylic acids is 1. The zero-order chi connectivity index (χ0) is 20.3. The van der Waals surface area contributed by atoms with Crippen molar-refractivity contribution in [3.8, 4) is 17.3 Å². The average molecular weight is 397 g/mol. The van der Waals surface area contributed by atoms with E-state index in [4.69, 9.17) is 16.9 Å². The summed E-state index contributed by atoms with van der Waals surface area (Å²) < 4.78 is 1.76. The molecule has 0 saturated heterocycles. The predicted octanol–water partition coefficient (Wildman–Crippen LogP) is 3.74. The molecule has 0 aliphatic carbocycles. The van der Waals surface area contributed by atoms with Crippen LogP contribution in [0.15, 0.2) is 36.7 Å². The number of H-pyrrole nitrogens is 1. The molecule has 0 aliphatic rings. The second-order valence-corrected chi connectivity index (χ2v) is 7.35. The Morgan fingerprint density at radius 1 is 1.36 bits per heavy atom. The van der Waals surface area contributed by atoms with E-state index in [-0.39, 0.29) is 17.9 Å². The van der Waals surface area contributed by atoms with Crippen LogP contribution in [0.25, 0.3) is 11.3 Å². The lowest BCUT2D eigenvalue weighted by Crippen LogP contribution is -2.36. The molecule has 0 saturated carbocycles. The maximum absolute atomic E-state index is 12.4. The maximum atomic E-state index is 12.4. The van der Waals surface area contributed by atoms with Crippen LogP contribution < -0.4 is 5.32 Å². The predicted molar refractivity (Wildman–Crippen MR) is 107 cm³/mol. The van der Waals surface area contributed by atoms with Gasteiger partial charge in [0, 0.05) is 23.7 Å². The third-order valence-electron chi connectivity index (χ3n) is 4.25. The lowest BCUT2D eigenvalue weighted by atomic mass is 10.1. The van der Waals surface area contributed by atoms with E-state index in [0.29, 0.717) is 22.8 Å². The highest BCUT2D eigenvalue weighted by Gasteiger charge is 2.15. The maximum Gasteiger partial charge on any atom is 0.269 e. The highest BCUT2D eigenvalue weighted by atomic mass is 35.5. The van der Waals surface area contributed by atoms with E-state index in [1.54, 1.807) is 23.0 Å². The summed E-state index contributed by atoms with van der Waals surface area (Å²) in [6.45, 7) is 6.46. The van der Waals surface area contributed by atoms with E-state index in [9.17, 15) is 4.79 Å². The Balaban J connectivity index is 1.63. The van der Waals surface area contributed by atoms with E-state index in [0.717, 1.165) is 17.1 Å². The molecule has 7 nitrogen and oxygen atoms in total. The van der Waals surface area contributed by atoms with Crippen LogP contribution in [0.2, 0.25) is 5.02 Å². The van der Waals surface area contributed by atoms with Gasteiger partial charge in [-0.15, -0.1) is 0 Å². The number of hydrogen-bond donors (Lipinski definition) is 2. The highest BCUT2D eigenvalue weighted by molar-refractivity contribution is 6.32. The quantitative estimate of drug-likeness (QED) is 0.662. The van der Waals surface area contributed by atoms with E-state index in [2.05, 4.69) is 20.4 Å². The molecule has 28 heavy (non-hydrogen) atoms. The van der Waals surface area contributed by atoms with Gasteiger partial charge in [0.15, 0.2) is 0 Å². The molecule has 2 heterocycles. The number of halogens is 1. The van der Waals surface area contributed by atoms with Crippen LogP contribution in [0.1, 0.15) is 48.6 Å². The number of rotatable bonds is 6. The van der Waals surface area contributed by atoms with Gasteiger partial charge in [0.1, 0.15) is 17.6 Å². The Bertz CT molecular complexity index is 1030. The number of nitrogens with one attached hydrogen (secondary N) is 2. The van der Waals surface area contributed by atoms with Crippen LogP contribution in [0, 0.1) is 11.3 Å². The Labute approximate surface area is 168 Å². The van der Waals surface area contributed by atoms with Crippen molar-refractivity contribution in [2.24, 2.45) is 0 Å². The number of hydrogen-bond acceptors (Lipinski definition) is 4. The van der Waals surface area contributed by atoms with Crippen LogP contribution in [0.4, 0.5) is 0 Å². The fourth-order valence-electron chi connectivity index (χ4n) is 2.76. The van der Waals surface area contributed by atoms with Crippen molar-refractivity contribution in [1.29, 1.82) is 5.26 Å². The van der Waals surface area contributed by atoms with Gasteiger partial charge in [0.25, 0.3) is 5.91 Å². The van der Waals surface area contributed by atoms with Crippen molar-refractivity contribution in [2.75, 3.05) is 0 Å². The first-order chi connectivity index (χ1) is 13.4. The molecule has 0 bridgehead atoms. The molecule has 3 rings (SSSR count). The molecule has 3 aromatic rings. The van der Waals surface area contributed by atoms with Gasteiger partial charge in [-0.2, -0.15) is 10.4 Å². The number of nitriles is 1. The summed E-state index contributed by atoms with van der Waals surface area (Å²) >= 11 is 6.09. The summed E-state index contributed by atoms with van der Waals surface area (Å²) in [6.07, 6.45) is 3.40. The van der Waals surface area contributed by atoms with Gasteiger partial charge >= 0.3 is 0 Å². The third kappa shape index (κ3) is 4.41. The molecule has 2 aromatic heterocycles. The van der Waals surface area contributed by atoms with Crippen molar-refractivity contribution in [2.45, 2.75) is 39.3 Å². The van der Waals surface area contributed by atoms with Crippen LogP contribution in [-0.4, -0.2) is 31.7 Å². The minimum atomic E-state index is -0.196. The number of amides is 1. The molecule has 1 amide bonds. The van der Waals surface area contributed by atoms with Crippen LogP contribution in [-0.2, 0) is 6.54 Å². The minimum absolute atomic E-state index is 0.129. The highest BCUT2D eigenvalue weighted by Crippen LogP contribution is 2.24. The minimum Gasteiger partial charge on any atom is -0.346 e. The number of imidazole rings is 1. The Kier molecular flexibility index (Phi) is 5.81. The molecule has 0 fully saturated rings. The van der Waals surface area contributed by atoms with Gasteiger partial charge in [0.2, 0.25) is 0 Å². The molecule has 1 aromatic carbocycles. The van der Waals surface area contributed by atoms with Crippen molar-refractivity contribution >= 4 is 17.5 Å². The van der Waals surface area contributed by atoms with E-state index in [1.165, 1.54) is 0 Å². The van der Waals surface area contributed by atoms with Gasteiger partial charge in [-0.3, -0.25) is 9.48 Å². The molecule has 2 N–H and O–H groups in total. The number of benzene rings is 1. The summed E-state index contributed by atoms with van der Waals surface area (Å²) in [5.74, 6) is 0.825. The molecule has 0 spiro atoms. The van der Waals surface area contributed by atoms with Gasteiger partial charge in [-0.25, -0.2) is 4.98 Å². The summed E-state index contributed by atoms with van der Waals surface area (Å²) in [5, 5.41) is 16.8. The fraction of sp³-hybridized carbons (Fsp3) is 0.300. The Morgan fingerprint density at radius 3 is 2.79 bits per heavy atom. The van der Waals surface area contributed by atoms with Crippen molar-refractivity contribution in [3.63, 3.8) is 0 Å². The first-order valence-corrected chi connectivity index (χ1v) is 9.34. The van der Waals surface area contributed by atoms with Crippen molar-refractivity contribution < 1.29 is 4.79 Å². The second-order valence-electron chi connectivity index (χ2n) is 6.94. The number of aromatic nitrogens is 4. The molecule has 1 atom stereocenters. The van der Waals surface area contributed by atoms with Crippen molar-refractivity contribution in [1.82, 2.24) is 25.1 Å². The van der Waals surface area contributed by atoms with Gasteiger partial charge in [-0.05, 0) is 25.1 Å². The summed E-state index contributed by atoms with van der Waals surface area (Å²) in [4.78, 5) is 19.6. The van der Waals surface area contributed by atoms with Gasteiger partial charge in [-0.1, -0.05) is 31.5 Å². The number of aromatic amines is 1. The molecule has 8 heteroatoms. The zero-order valence-corrected chi connectivity index (χ0v) is 16.7. The standard InChI is InChI=1S/C20H21ClN6O/c1-12(2)19-23-10-18(25-19)20(28)24-13(3)11-27-7-6-17(26-27)14-4-5-15(9-22)16(21)8-14/h4-8,10,12-13H,11H2,1-3H3,(H,23,25)(H,24,28). The van der Waals surface area contributed by atoms with Crippen molar-refractivity contribution in [3.05, 3.63) is 58.8 Å². The SMILES string of the molecule is CC(Cn1ccc(-c2ccc(C#N)c(Cl)c2)n1)NC(=O)c1cnc(C(C)C)[nH]1. The molecule has 0 aliphatic heterocycles. The normalized spacial score (nSPS) is 12.0. The molecule has 1 unspecified atom stereocenters. The largest absolute Gasteiger partial charge is 0.346 e. The number of nitrogens with zero attached hydrogens (tertiary/aromatic N) is 4. The average Bonchev–Trinajstić information content (AvgIpc) is 3.31. The monoisotopic (exact) mass is 396 g/mol. The summed E-state index contributed by atoms with van der Waals surface area (Å²) in [6, 6.07) is 8.99. The second kappa shape index (κ2) is 8.28. The zero-order valence-electron chi connectivity index (χ0n) is 15.9.